The fourth-order valence-electron chi connectivity index (χ4n) is 2.43. The molecule has 0 unspecified atom stereocenters. The fraction of sp³-hybridized carbons (Fsp3) is 0.667. The van der Waals surface area contributed by atoms with Crippen LogP contribution in [-0.2, 0) is 0 Å². The molecule has 1 N–H and O–H groups in total. The number of carbonyl (C=O) groups excluding carboxylic acids is 1. The Labute approximate surface area is 110 Å². The van der Waals surface area contributed by atoms with Crippen molar-refractivity contribution in [3.8, 4) is 0 Å². The molecular weight excluding hydrogens is 282 g/mol. The van der Waals surface area contributed by atoms with E-state index >= 15 is 0 Å². The Bertz CT molecular complexity index is 427. The van der Waals surface area contributed by atoms with E-state index in [1.54, 1.807) is 0 Å². The Morgan fingerprint density at radius 1 is 1.59 bits per heavy atom. The van der Waals surface area contributed by atoms with Crippen molar-refractivity contribution in [3.05, 3.63) is 15.9 Å². The van der Waals surface area contributed by atoms with Gasteiger partial charge in [0.15, 0.2) is 5.69 Å². The molecule has 0 saturated carbocycles. The number of halogens is 1. The maximum atomic E-state index is 12.4. The van der Waals surface area contributed by atoms with Gasteiger partial charge in [0.05, 0.1) is 4.47 Å². The number of hydrogen-bond donors (Lipinski definition) is 1. The number of rotatable bonds is 2. The second-order valence-corrected chi connectivity index (χ2v) is 5.76. The van der Waals surface area contributed by atoms with Crippen LogP contribution in [-0.4, -0.2) is 33.6 Å². The highest BCUT2D eigenvalue weighted by atomic mass is 79.9. The minimum absolute atomic E-state index is 0.0393. The highest BCUT2D eigenvalue weighted by Gasteiger charge is 2.33. The lowest BCUT2D eigenvalue weighted by atomic mass is 10.0. The van der Waals surface area contributed by atoms with Gasteiger partial charge in [0.25, 0.3) is 5.91 Å². The number of carbonyl (C=O) groups is 1. The summed E-state index contributed by atoms with van der Waals surface area (Å²) in [5.41, 5.74) is 1.41. The monoisotopic (exact) mass is 299 g/mol. The zero-order chi connectivity index (χ0) is 12.6. The van der Waals surface area contributed by atoms with Crippen LogP contribution < -0.4 is 0 Å². The van der Waals surface area contributed by atoms with E-state index in [2.05, 4.69) is 40.0 Å². The normalized spacial score (nSPS) is 20.3. The second-order valence-electron chi connectivity index (χ2n) is 4.96. The average molecular weight is 300 g/mol. The summed E-state index contributed by atoms with van der Waals surface area (Å²) in [7, 11) is 0. The van der Waals surface area contributed by atoms with Gasteiger partial charge in [-0.15, -0.1) is 0 Å². The molecule has 1 amide bonds. The van der Waals surface area contributed by atoms with Crippen molar-refractivity contribution in [2.45, 2.75) is 39.7 Å². The zero-order valence-corrected chi connectivity index (χ0v) is 12.0. The number of likely N-dealkylation sites (tertiary alicyclic amines) is 1. The minimum Gasteiger partial charge on any atom is -0.334 e. The average Bonchev–Trinajstić information content (AvgIpc) is 2.87. The van der Waals surface area contributed by atoms with E-state index in [-0.39, 0.29) is 5.91 Å². The van der Waals surface area contributed by atoms with E-state index in [1.165, 1.54) is 0 Å². The number of nitrogens with zero attached hydrogens (tertiary/aromatic N) is 2. The van der Waals surface area contributed by atoms with Crippen LogP contribution in [0.2, 0.25) is 0 Å². The van der Waals surface area contributed by atoms with Crippen LogP contribution in [0.15, 0.2) is 4.47 Å². The van der Waals surface area contributed by atoms with Crippen molar-refractivity contribution >= 4 is 21.8 Å². The third-order valence-corrected chi connectivity index (χ3v) is 4.38. The van der Waals surface area contributed by atoms with Crippen molar-refractivity contribution < 1.29 is 4.79 Å². The van der Waals surface area contributed by atoms with Crippen LogP contribution >= 0.6 is 15.9 Å². The quantitative estimate of drug-likeness (QED) is 0.913. The first kappa shape index (κ1) is 12.6. The van der Waals surface area contributed by atoms with Gasteiger partial charge in [0.1, 0.15) is 0 Å². The van der Waals surface area contributed by atoms with E-state index in [1.807, 2.05) is 11.8 Å². The third kappa shape index (κ3) is 2.25. The first-order valence-corrected chi connectivity index (χ1v) is 6.83. The molecule has 5 heteroatoms. The van der Waals surface area contributed by atoms with Crippen LogP contribution in [0.25, 0.3) is 0 Å². The van der Waals surface area contributed by atoms with E-state index in [9.17, 15) is 4.79 Å². The number of H-pyrrole nitrogens is 1. The van der Waals surface area contributed by atoms with Crippen LogP contribution in [0.3, 0.4) is 0 Å². The summed E-state index contributed by atoms with van der Waals surface area (Å²) in [5.74, 6) is 0.540. The predicted octanol–water partition coefficient (Wildman–Crippen LogP) is 2.74. The van der Waals surface area contributed by atoms with Crippen molar-refractivity contribution in [2.75, 3.05) is 6.54 Å². The molecule has 1 fully saturated rings. The molecule has 17 heavy (non-hydrogen) atoms. The van der Waals surface area contributed by atoms with Crippen LogP contribution in [0.4, 0.5) is 0 Å². The number of hydrogen-bond acceptors (Lipinski definition) is 2. The molecule has 4 nitrogen and oxygen atoms in total. The first-order chi connectivity index (χ1) is 8.02. The van der Waals surface area contributed by atoms with Gasteiger partial charge < -0.3 is 4.90 Å². The zero-order valence-electron chi connectivity index (χ0n) is 10.5. The second kappa shape index (κ2) is 4.80. The molecule has 0 spiro atoms. The van der Waals surface area contributed by atoms with Crippen LogP contribution in [0.5, 0.6) is 0 Å². The highest BCUT2D eigenvalue weighted by Crippen LogP contribution is 2.27. The molecule has 1 saturated heterocycles. The molecule has 1 atom stereocenters. The smallest absolute Gasteiger partial charge is 0.275 e. The first-order valence-electron chi connectivity index (χ1n) is 6.03. The van der Waals surface area contributed by atoms with Gasteiger partial charge in [-0.05, 0) is 41.6 Å². The van der Waals surface area contributed by atoms with E-state index in [0.717, 1.165) is 29.6 Å². The van der Waals surface area contributed by atoms with Crippen molar-refractivity contribution in [3.63, 3.8) is 0 Å². The highest BCUT2D eigenvalue weighted by molar-refractivity contribution is 9.10. The van der Waals surface area contributed by atoms with E-state index in [4.69, 9.17) is 0 Å². The molecule has 0 aromatic carbocycles. The Balaban J connectivity index is 2.23. The largest absolute Gasteiger partial charge is 0.334 e. The summed E-state index contributed by atoms with van der Waals surface area (Å²) in [6.07, 6.45) is 2.19. The minimum atomic E-state index is 0.0393. The van der Waals surface area contributed by atoms with Crippen LogP contribution in [0, 0.1) is 12.8 Å². The van der Waals surface area contributed by atoms with Crippen molar-refractivity contribution in [2.24, 2.45) is 5.92 Å². The molecule has 1 aromatic heterocycles. The van der Waals surface area contributed by atoms with Crippen LogP contribution in [0.1, 0.15) is 42.9 Å². The molecule has 1 aromatic rings. The maximum Gasteiger partial charge on any atom is 0.275 e. The molecule has 1 aliphatic heterocycles. The third-order valence-electron chi connectivity index (χ3n) is 3.40. The lowest BCUT2D eigenvalue weighted by Gasteiger charge is -2.27. The molecule has 0 aliphatic carbocycles. The number of nitrogens with one attached hydrogen (secondary N) is 1. The molecule has 94 valence electrons. The van der Waals surface area contributed by atoms with E-state index < -0.39 is 0 Å². The molecule has 0 radical (unpaired) electrons. The molecule has 1 aliphatic rings. The summed E-state index contributed by atoms with van der Waals surface area (Å²) < 4.78 is 0.789. The Morgan fingerprint density at radius 2 is 2.29 bits per heavy atom. The van der Waals surface area contributed by atoms with Gasteiger partial charge in [0, 0.05) is 18.3 Å². The maximum absolute atomic E-state index is 12.4. The summed E-state index contributed by atoms with van der Waals surface area (Å²) >= 11 is 3.41. The lowest BCUT2D eigenvalue weighted by molar-refractivity contribution is 0.0694. The standard InChI is InChI=1S/C12H18BrN3O/c1-7(2)9-5-4-6-16(9)12(17)11-10(13)8(3)14-15-11/h7,9H,4-6H2,1-3H3,(H,14,15)/t9-/m1/s1. The fourth-order valence-corrected chi connectivity index (χ4v) is 2.78. The Morgan fingerprint density at radius 3 is 2.82 bits per heavy atom. The topological polar surface area (TPSA) is 49.0 Å². The number of amides is 1. The van der Waals surface area contributed by atoms with Crippen molar-refractivity contribution in [1.29, 1.82) is 0 Å². The van der Waals surface area contributed by atoms with E-state index in [0.29, 0.717) is 17.7 Å². The summed E-state index contributed by atoms with van der Waals surface area (Å²) in [4.78, 5) is 14.4. The summed E-state index contributed by atoms with van der Waals surface area (Å²) in [5, 5.41) is 6.93. The molecule has 0 bridgehead atoms. The number of aryl methyl sites for hydroxylation is 1. The van der Waals surface area contributed by atoms with Gasteiger partial charge in [-0.2, -0.15) is 5.10 Å². The SMILES string of the molecule is Cc1[nH]nc(C(=O)N2CCC[C@@H]2C(C)C)c1Br. The van der Waals surface area contributed by atoms with Crippen molar-refractivity contribution in [1.82, 2.24) is 15.1 Å². The van der Waals surface area contributed by atoms with Gasteiger partial charge in [0.2, 0.25) is 0 Å². The summed E-state index contributed by atoms with van der Waals surface area (Å²) in [6.45, 7) is 7.08. The van der Waals surface area contributed by atoms with Gasteiger partial charge in [-0.3, -0.25) is 9.89 Å². The summed E-state index contributed by atoms with van der Waals surface area (Å²) in [6, 6.07) is 0.353. The molecule has 2 heterocycles. The van der Waals surface area contributed by atoms with Gasteiger partial charge in [-0.25, -0.2) is 0 Å². The predicted molar refractivity (Wildman–Crippen MR) is 69.9 cm³/mol. The molecular formula is C12H18BrN3O. The number of aromatic nitrogens is 2. The molecule has 2 rings (SSSR count). The van der Waals surface area contributed by atoms with Gasteiger partial charge in [-0.1, -0.05) is 13.8 Å². The Kier molecular flexibility index (Phi) is 3.56. The van der Waals surface area contributed by atoms with Gasteiger partial charge >= 0.3 is 0 Å². The lowest BCUT2D eigenvalue weighted by Crippen LogP contribution is -2.38. The number of aromatic amines is 1. The Hall–Kier alpha value is -0.840.